The number of nitrogens with one attached hydrogen (secondary N) is 1. The summed E-state index contributed by atoms with van der Waals surface area (Å²) in [5, 5.41) is 5.67. The first-order chi connectivity index (χ1) is 6.81. The molecule has 0 spiro atoms. The van der Waals surface area contributed by atoms with Crippen LogP contribution in [-0.4, -0.2) is 17.5 Å². The highest BCUT2D eigenvalue weighted by Crippen LogP contribution is 2.32. The molecule has 78 valence electrons. The average molecular weight is 212 g/mol. The maximum atomic E-state index is 5.23. The van der Waals surface area contributed by atoms with Gasteiger partial charge in [0.1, 0.15) is 0 Å². The van der Waals surface area contributed by atoms with Gasteiger partial charge in [0, 0.05) is 23.0 Å². The van der Waals surface area contributed by atoms with Gasteiger partial charge in [-0.3, -0.25) is 0 Å². The first-order valence-corrected chi connectivity index (χ1v) is 5.89. The topological polar surface area (TPSA) is 34.1 Å². The summed E-state index contributed by atoms with van der Waals surface area (Å²) in [4.78, 5) is 0. The van der Waals surface area contributed by atoms with E-state index in [1.165, 1.54) is 36.4 Å². The summed E-state index contributed by atoms with van der Waals surface area (Å²) in [6, 6.07) is 1.05. The van der Waals surface area contributed by atoms with Gasteiger partial charge in [-0.2, -0.15) is 4.37 Å². The van der Waals surface area contributed by atoms with Crippen molar-refractivity contribution in [3.63, 3.8) is 0 Å². The molecule has 0 aliphatic carbocycles. The third-order valence-electron chi connectivity index (χ3n) is 2.75. The van der Waals surface area contributed by atoms with Crippen LogP contribution in [0.1, 0.15) is 37.8 Å². The largest absolute Gasteiger partial charge is 0.480 e. The number of rotatable bonds is 2. The number of methoxy groups -OCH3 is 1. The lowest BCUT2D eigenvalue weighted by Gasteiger charge is -2.28. The van der Waals surface area contributed by atoms with E-state index in [1.54, 1.807) is 7.11 Å². The molecule has 14 heavy (non-hydrogen) atoms. The van der Waals surface area contributed by atoms with E-state index in [0.717, 1.165) is 5.88 Å². The van der Waals surface area contributed by atoms with Crippen molar-refractivity contribution in [2.24, 2.45) is 0 Å². The van der Waals surface area contributed by atoms with Crippen molar-refractivity contribution in [1.29, 1.82) is 0 Å². The zero-order valence-electron chi connectivity index (χ0n) is 8.62. The van der Waals surface area contributed by atoms with Crippen LogP contribution in [0.4, 0.5) is 0 Å². The monoisotopic (exact) mass is 212 g/mol. The van der Waals surface area contributed by atoms with Crippen LogP contribution in [-0.2, 0) is 0 Å². The highest BCUT2D eigenvalue weighted by molar-refractivity contribution is 7.03. The van der Waals surface area contributed by atoms with Gasteiger partial charge < -0.3 is 10.1 Å². The zero-order chi connectivity index (χ0) is 9.97. The summed E-state index contributed by atoms with van der Waals surface area (Å²) in [6.07, 6.45) is 3.76. The van der Waals surface area contributed by atoms with E-state index in [1.807, 2.05) is 0 Å². The second kappa shape index (κ2) is 4.28. The molecule has 0 saturated carbocycles. The van der Waals surface area contributed by atoms with Crippen LogP contribution in [0.25, 0.3) is 0 Å². The maximum absolute atomic E-state index is 5.23. The van der Waals surface area contributed by atoms with Crippen LogP contribution >= 0.6 is 11.5 Å². The maximum Gasteiger partial charge on any atom is 0.229 e. The molecule has 3 nitrogen and oxygen atoms in total. The number of nitrogens with zero attached hydrogens (tertiary/aromatic N) is 1. The second-order valence-corrected chi connectivity index (χ2v) is 4.46. The van der Waals surface area contributed by atoms with Gasteiger partial charge in [-0.15, -0.1) is 0 Å². The molecule has 1 aliphatic rings. The fraction of sp³-hybridized carbons (Fsp3) is 0.700. The normalized spacial score (nSPS) is 27.6. The number of hydrogen-bond acceptors (Lipinski definition) is 4. The van der Waals surface area contributed by atoms with E-state index in [0.29, 0.717) is 12.1 Å². The molecule has 1 fully saturated rings. The van der Waals surface area contributed by atoms with E-state index in [9.17, 15) is 0 Å². The fourth-order valence-electron chi connectivity index (χ4n) is 2.00. The molecule has 4 heteroatoms. The Kier molecular flexibility index (Phi) is 3.03. The lowest BCUT2D eigenvalue weighted by atomic mass is 9.96. The van der Waals surface area contributed by atoms with Crippen molar-refractivity contribution in [3.8, 4) is 5.88 Å². The smallest absolute Gasteiger partial charge is 0.229 e. The van der Waals surface area contributed by atoms with E-state index in [2.05, 4.69) is 22.0 Å². The Hall–Kier alpha value is -0.610. The van der Waals surface area contributed by atoms with Gasteiger partial charge in [-0.25, -0.2) is 0 Å². The highest BCUT2D eigenvalue weighted by Gasteiger charge is 2.23. The van der Waals surface area contributed by atoms with Crippen molar-refractivity contribution in [2.45, 2.75) is 38.3 Å². The number of aromatic nitrogens is 1. The SMILES string of the molecule is COc1nscc1C1CCCC(C)N1. The third kappa shape index (κ3) is 1.91. The number of piperidine rings is 1. The van der Waals surface area contributed by atoms with Crippen LogP contribution in [0.3, 0.4) is 0 Å². The van der Waals surface area contributed by atoms with Gasteiger partial charge in [0.05, 0.1) is 7.11 Å². The zero-order valence-corrected chi connectivity index (χ0v) is 9.43. The molecular weight excluding hydrogens is 196 g/mol. The Labute approximate surface area is 88.6 Å². The molecule has 1 aromatic rings. The Morgan fingerprint density at radius 1 is 1.57 bits per heavy atom. The minimum atomic E-state index is 0.437. The predicted octanol–water partition coefficient (Wildman–Crippen LogP) is 2.35. The summed E-state index contributed by atoms with van der Waals surface area (Å²) in [5.41, 5.74) is 1.23. The van der Waals surface area contributed by atoms with Crippen molar-refractivity contribution in [1.82, 2.24) is 9.69 Å². The summed E-state index contributed by atoms with van der Waals surface area (Å²) >= 11 is 1.47. The highest BCUT2D eigenvalue weighted by atomic mass is 32.1. The minimum absolute atomic E-state index is 0.437. The molecule has 1 N–H and O–H groups in total. The first kappa shape index (κ1) is 9.93. The molecule has 2 heterocycles. The fourth-order valence-corrected chi connectivity index (χ4v) is 2.71. The Morgan fingerprint density at radius 3 is 3.14 bits per heavy atom. The molecule has 2 unspecified atom stereocenters. The summed E-state index contributed by atoms with van der Waals surface area (Å²) in [5.74, 6) is 0.793. The lowest BCUT2D eigenvalue weighted by Crippen LogP contribution is -2.34. The Morgan fingerprint density at radius 2 is 2.43 bits per heavy atom. The van der Waals surface area contributed by atoms with Gasteiger partial charge >= 0.3 is 0 Å². The van der Waals surface area contributed by atoms with E-state index < -0.39 is 0 Å². The van der Waals surface area contributed by atoms with E-state index in [-0.39, 0.29) is 0 Å². The molecular formula is C10H16N2OS. The van der Waals surface area contributed by atoms with Gasteiger partial charge in [0.15, 0.2) is 0 Å². The molecule has 0 bridgehead atoms. The third-order valence-corrected chi connectivity index (χ3v) is 3.38. The summed E-state index contributed by atoms with van der Waals surface area (Å²) in [7, 11) is 1.69. The van der Waals surface area contributed by atoms with Crippen molar-refractivity contribution < 1.29 is 4.74 Å². The van der Waals surface area contributed by atoms with Crippen molar-refractivity contribution in [3.05, 3.63) is 10.9 Å². The van der Waals surface area contributed by atoms with E-state index in [4.69, 9.17) is 4.74 Å². The average Bonchev–Trinajstić information content (AvgIpc) is 2.65. The number of hydrogen-bond donors (Lipinski definition) is 1. The minimum Gasteiger partial charge on any atom is -0.480 e. The van der Waals surface area contributed by atoms with Gasteiger partial charge in [-0.05, 0) is 31.3 Å². The molecule has 1 aromatic heterocycles. The molecule has 2 rings (SSSR count). The van der Waals surface area contributed by atoms with Crippen LogP contribution in [0.15, 0.2) is 5.38 Å². The molecule has 1 saturated heterocycles. The van der Waals surface area contributed by atoms with Crippen LogP contribution < -0.4 is 10.1 Å². The molecule has 2 atom stereocenters. The van der Waals surface area contributed by atoms with Crippen LogP contribution in [0, 0.1) is 0 Å². The van der Waals surface area contributed by atoms with Crippen LogP contribution in [0.2, 0.25) is 0 Å². The Balaban J connectivity index is 2.13. The molecule has 0 aromatic carbocycles. The Bertz CT molecular complexity index is 300. The van der Waals surface area contributed by atoms with Crippen molar-refractivity contribution in [2.75, 3.05) is 7.11 Å². The molecule has 1 aliphatic heterocycles. The summed E-state index contributed by atoms with van der Waals surface area (Å²) < 4.78 is 9.45. The lowest BCUT2D eigenvalue weighted by molar-refractivity contribution is 0.326. The number of ether oxygens (including phenoxy) is 1. The van der Waals surface area contributed by atoms with E-state index >= 15 is 0 Å². The predicted molar refractivity (Wildman–Crippen MR) is 57.9 cm³/mol. The second-order valence-electron chi connectivity index (χ2n) is 3.83. The summed E-state index contributed by atoms with van der Waals surface area (Å²) in [6.45, 7) is 2.23. The van der Waals surface area contributed by atoms with Gasteiger partial charge in [0.25, 0.3) is 0 Å². The molecule has 0 radical (unpaired) electrons. The van der Waals surface area contributed by atoms with Gasteiger partial charge in [0.2, 0.25) is 5.88 Å². The molecule has 0 amide bonds. The first-order valence-electron chi connectivity index (χ1n) is 5.05. The van der Waals surface area contributed by atoms with Crippen LogP contribution in [0.5, 0.6) is 5.88 Å². The standard InChI is InChI=1S/C10H16N2OS/c1-7-4-3-5-9(11-7)8-6-14-12-10(8)13-2/h6-7,9,11H,3-5H2,1-2H3. The quantitative estimate of drug-likeness (QED) is 0.817. The van der Waals surface area contributed by atoms with Crippen molar-refractivity contribution >= 4 is 11.5 Å². The van der Waals surface area contributed by atoms with Gasteiger partial charge in [-0.1, -0.05) is 6.42 Å².